The standard InChI is InChI=1S/C8H17N3/c1-3-11(2)7-8-9-5-4-6-10-8/h3-7H2,1-2H3,(H,9,10). The fraction of sp³-hybridized carbons (Fsp3) is 0.875. The first kappa shape index (κ1) is 8.53. The van der Waals surface area contributed by atoms with Gasteiger partial charge in [-0.05, 0) is 20.0 Å². The first-order valence-corrected chi connectivity index (χ1v) is 4.28. The fourth-order valence-corrected chi connectivity index (χ4v) is 1.06. The Labute approximate surface area is 68.5 Å². The highest BCUT2D eigenvalue weighted by Gasteiger charge is 2.04. The van der Waals surface area contributed by atoms with Crippen LogP contribution in [0.1, 0.15) is 13.3 Å². The molecule has 3 nitrogen and oxygen atoms in total. The topological polar surface area (TPSA) is 27.6 Å². The summed E-state index contributed by atoms with van der Waals surface area (Å²) in [6, 6.07) is 0. The highest BCUT2D eigenvalue weighted by Crippen LogP contribution is 1.91. The van der Waals surface area contributed by atoms with Crippen LogP contribution in [-0.2, 0) is 0 Å². The van der Waals surface area contributed by atoms with E-state index >= 15 is 0 Å². The lowest BCUT2D eigenvalue weighted by molar-refractivity contribution is 0.397. The van der Waals surface area contributed by atoms with Crippen LogP contribution < -0.4 is 5.32 Å². The molecule has 1 heterocycles. The van der Waals surface area contributed by atoms with Crippen LogP contribution in [0.4, 0.5) is 0 Å². The SMILES string of the molecule is CCN(C)CC1=NCCCN1. The van der Waals surface area contributed by atoms with Gasteiger partial charge >= 0.3 is 0 Å². The van der Waals surface area contributed by atoms with Crippen LogP contribution in [0.15, 0.2) is 4.99 Å². The van der Waals surface area contributed by atoms with Gasteiger partial charge in [-0.3, -0.25) is 9.89 Å². The lowest BCUT2D eigenvalue weighted by atomic mass is 10.3. The summed E-state index contributed by atoms with van der Waals surface area (Å²) < 4.78 is 0. The van der Waals surface area contributed by atoms with Crippen molar-refractivity contribution in [2.24, 2.45) is 4.99 Å². The normalized spacial score (nSPS) is 17.9. The second-order valence-corrected chi connectivity index (χ2v) is 2.94. The Bertz CT molecular complexity index is 142. The molecule has 1 N–H and O–H groups in total. The Balaban J connectivity index is 2.29. The maximum absolute atomic E-state index is 4.38. The van der Waals surface area contributed by atoms with Crippen molar-refractivity contribution >= 4 is 5.84 Å². The summed E-state index contributed by atoms with van der Waals surface area (Å²) in [4.78, 5) is 6.63. The predicted molar refractivity (Wildman–Crippen MR) is 48.1 cm³/mol. The van der Waals surface area contributed by atoms with E-state index in [1.165, 1.54) is 6.42 Å². The van der Waals surface area contributed by atoms with Crippen LogP contribution in [-0.4, -0.2) is 44.0 Å². The van der Waals surface area contributed by atoms with E-state index in [0.29, 0.717) is 0 Å². The minimum absolute atomic E-state index is 0.969. The Morgan fingerprint density at radius 3 is 3.00 bits per heavy atom. The maximum atomic E-state index is 4.38. The molecule has 0 aromatic rings. The van der Waals surface area contributed by atoms with Gasteiger partial charge in [0.05, 0.1) is 6.54 Å². The van der Waals surface area contributed by atoms with Crippen LogP contribution in [0.3, 0.4) is 0 Å². The number of hydrogen-bond acceptors (Lipinski definition) is 3. The molecule has 11 heavy (non-hydrogen) atoms. The molecule has 64 valence electrons. The highest BCUT2D eigenvalue weighted by atomic mass is 15.1. The molecule has 0 atom stereocenters. The van der Waals surface area contributed by atoms with Crippen molar-refractivity contribution < 1.29 is 0 Å². The van der Waals surface area contributed by atoms with E-state index in [0.717, 1.165) is 32.0 Å². The largest absolute Gasteiger partial charge is 0.373 e. The van der Waals surface area contributed by atoms with Gasteiger partial charge in [0.25, 0.3) is 0 Å². The number of nitrogens with zero attached hydrogens (tertiary/aromatic N) is 2. The molecule has 0 aromatic heterocycles. The first-order chi connectivity index (χ1) is 5.33. The monoisotopic (exact) mass is 155 g/mol. The lowest BCUT2D eigenvalue weighted by Crippen LogP contribution is -2.38. The van der Waals surface area contributed by atoms with Gasteiger partial charge in [0.2, 0.25) is 0 Å². The summed E-state index contributed by atoms with van der Waals surface area (Å²) in [5.41, 5.74) is 0. The summed E-state index contributed by atoms with van der Waals surface area (Å²) in [7, 11) is 2.11. The second-order valence-electron chi connectivity index (χ2n) is 2.94. The molecule has 3 heteroatoms. The predicted octanol–water partition coefficient (Wildman–Crippen LogP) is 0.330. The zero-order valence-corrected chi connectivity index (χ0v) is 7.43. The van der Waals surface area contributed by atoms with Crippen molar-refractivity contribution in [1.29, 1.82) is 0 Å². The zero-order valence-electron chi connectivity index (χ0n) is 7.43. The van der Waals surface area contributed by atoms with E-state index in [1.54, 1.807) is 0 Å². The Kier molecular flexibility index (Phi) is 3.36. The molecule has 0 spiro atoms. The molecule has 0 fully saturated rings. The first-order valence-electron chi connectivity index (χ1n) is 4.28. The summed E-state index contributed by atoms with van der Waals surface area (Å²) in [5.74, 6) is 1.15. The van der Waals surface area contributed by atoms with Crippen molar-refractivity contribution in [3.05, 3.63) is 0 Å². The minimum Gasteiger partial charge on any atom is -0.373 e. The molecule has 0 radical (unpaired) electrons. The van der Waals surface area contributed by atoms with Crippen molar-refractivity contribution in [2.75, 3.05) is 33.2 Å². The van der Waals surface area contributed by atoms with Gasteiger partial charge in [0, 0.05) is 13.1 Å². The van der Waals surface area contributed by atoms with Gasteiger partial charge in [0.15, 0.2) is 0 Å². The zero-order chi connectivity index (χ0) is 8.10. The molecule has 0 unspecified atom stereocenters. The molecule has 0 aromatic carbocycles. The average Bonchev–Trinajstić information content (AvgIpc) is 2.06. The van der Waals surface area contributed by atoms with Crippen molar-refractivity contribution in [3.8, 4) is 0 Å². The molecule has 1 aliphatic rings. The number of nitrogens with one attached hydrogen (secondary N) is 1. The number of amidine groups is 1. The van der Waals surface area contributed by atoms with Gasteiger partial charge in [0.1, 0.15) is 5.84 Å². The summed E-state index contributed by atoms with van der Waals surface area (Å²) in [5, 5.41) is 3.29. The summed E-state index contributed by atoms with van der Waals surface area (Å²) >= 11 is 0. The van der Waals surface area contributed by atoms with Crippen molar-refractivity contribution in [1.82, 2.24) is 10.2 Å². The third-order valence-corrected chi connectivity index (χ3v) is 1.93. The minimum atomic E-state index is 0.969. The number of hydrogen-bond donors (Lipinski definition) is 1. The van der Waals surface area contributed by atoms with Gasteiger partial charge < -0.3 is 5.32 Å². The fourth-order valence-electron chi connectivity index (χ4n) is 1.06. The summed E-state index contributed by atoms with van der Waals surface area (Å²) in [6.45, 7) is 6.30. The Morgan fingerprint density at radius 2 is 2.45 bits per heavy atom. The highest BCUT2D eigenvalue weighted by molar-refractivity contribution is 5.84. The van der Waals surface area contributed by atoms with Crippen molar-refractivity contribution in [2.45, 2.75) is 13.3 Å². The molecular weight excluding hydrogens is 138 g/mol. The second kappa shape index (κ2) is 4.34. The molecule has 0 aliphatic carbocycles. The Hall–Kier alpha value is -0.570. The molecule has 1 rings (SSSR count). The lowest BCUT2D eigenvalue weighted by Gasteiger charge is -2.19. The molecular formula is C8H17N3. The van der Waals surface area contributed by atoms with E-state index in [1.807, 2.05) is 0 Å². The van der Waals surface area contributed by atoms with E-state index in [-0.39, 0.29) is 0 Å². The van der Waals surface area contributed by atoms with Gasteiger partial charge in [-0.1, -0.05) is 6.92 Å². The molecule has 0 saturated heterocycles. The third-order valence-electron chi connectivity index (χ3n) is 1.93. The molecule has 0 saturated carbocycles. The van der Waals surface area contributed by atoms with Crippen LogP contribution in [0.2, 0.25) is 0 Å². The number of likely N-dealkylation sites (N-methyl/N-ethyl adjacent to an activating group) is 1. The van der Waals surface area contributed by atoms with Gasteiger partial charge in [-0.15, -0.1) is 0 Å². The quantitative estimate of drug-likeness (QED) is 0.636. The van der Waals surface area contributed by atoms with Crippen LogP contribution in [0, 0.1) is 0 Å². The number of rotatable bonds is 3. The smallest absolute Gasteiger partial charge is 0.111 e. The van der Waals surface area contributed by atoms with Crippen molar-refractivity contribution in [3.63, 3.8) is 0 Å². The van der Waals surface area contributed by atoms with E-state index in [4.69, 9.17) is 0 Å². The molecule has 0 amide bonds. The van der Waals surface area contributed by atoms with E-state index < -0.39 is 0 Å². The van der Waals surface area contributed by atoms with E-state index in [9.17, 15) is 0 Å². The van der Waals surface area contributed by atoms with Gasteiger partial charge in [-0.2, -0.15) is 0 Å². The average molecular weight is 155 g/mol. The van der Waals surface area contributed by atoms with Crippen LogP contribution >= 0.6 is 0 Å². The van der Waals surface area contributed by atoms with Gasteiger partial charge in [-0.25, -0.2) is 0 Å². The van der Waals surface area contributed by atoms with Crippen LogP contribution in [0.5, 0.6) is 0 Å². The third kappa shape index (κ3) is 2.89. The number of aliphatic imine (C=N–C) groups is 1. The van der Waals surface area contributed by atoms with Crippen LogP contribution in [0.25, 0.3) is 0 Å². The molecule has 0 bridgehead atoms. The Morgan fingerprint density at radius 1 is 1.64 bits per heavy atom. The maximum Gasteiger partial charge on any atom is 0.111 e. The van der Waals surface area contributed by atoms with E-state index in [2.05, 4.69) is 29.2 Å². The summed E-state index contributed by atoms with van der Waals surface area (Å²) in [6.07, 6.45) is 1.18. The molecule has 1 aliphatic heterocycles.